The highest BCUT2D eigenvalue weighted by Gasteiger charge is 2.00. The van der Waals surface area contributed by atoms with E-state index in [4.69, 9.17) is 0 Å². The van der Waals surface area contributed by atoms with Gasteiger partial charge in [-0.3, -0.25) is 4.79 Å². The predicted octanol–water partition coefficient (Wildman–Crippen LogP) is 2.52. The minimum atomic E-state index is -0.162. The van der Waals surface area contributed by atoms with Gasteiger partial charge in [0.1, 0.15) is 0 Å². The van der Waals surface area contributed by atoms with Crippen LogP contribution in [-0.2, 0) is 22.4 Å². The molecule has 0 radical (unpaired) electrons. The number of aryl methyl sites for hydroxylation is 1. The van der Waals surface area contributed by atoms with Crippen molar-refractivity contribution in [1.82, 2.24) is 0 Å². The number of hydrogen-bond donors (Lipinski definition) is 0. The number of carbonyl (C=O) groups excluding carboxylic acids is 1. The normalized spacial score (nSPS) is 9.67. The van der Waals surface area contributed by atoms with Crippen molar-refractivity contribution in [2.75, 3.05) is 7.11 Å². The van der Waals surface area contributed by atoms with Crippen LogP contribution in [0.5, 0.6) is 0 Å². The maximum atomic E-state index is 10.9. The molecule has 1 rings (SSSR count). The Morgan fingerprint density at radius 3 is 2.47 bits per heavy atom. The molecule has 2 nitrogen and oxygen atoms in total. The van der Waals surface area contributed by atoms with Gasteiger partial charge in [0.15, 0.2) is 0 Å². The van der Waals surface area contributed by atoms with Crippen LogP contribution in [0, 0.1) is 0 Å². The lowest BCUT2D eigenvalue weighted by Crippen LogP contribution is -2.01. The monoisotopic (exact) mass is 204 g/mol. The van der Waals surface area contributed by atoms with Crippen molar-refractivity contribution in [2.45, 2.75) is 19.3 Å². The zero-order chi connectivity index (χ0) is 11.1. The summed E-state index contributed by atoms with van der Waals surface area (Å²) in [5.74, 6) is -0.162. The summed E-state index contributed by atoms with van der Waals surface area (Å²) in [5, 5.41) is 0. The van der Waals surface area contributed by atoms with Crippen LogP contribution in [0.1, 0.15) is 17.5 Å². The predicted molar refractivity (Wildman–Crippen MR) is 60.7 cm³/mol. The number of hydrogen-bond acceptors (Lipinski definition) is 2. The molecule has 0 saturated carbocycles. The Morgan fingerprint density at radius 2 is 1.93 bits per heavy atom. The highest BCUT2D eigenvalue weighted by Crippen LogP contribution is 2.08. The maximum Gasteiger partial charge on any atom is 0.305 e. The lowest BCUT2D eigenvalue weighted by atomic mass is 10.1. The Kier molecular flexibility index (Phi) is 4.61. The van der Waals surface area contributed by atoms with E-state index in [1.807, 2.05) is 18.2 Å². The van der Waals surface area contributed by atoms with Crippen molar-refractivity contribution in [3.05, 3.63) is 48.0 Å². The van der Waals surface area contributed by atoms with E-state index in [9.17, 15) is 4.79 Å². The third-order valence-electron chi connectivity index (χ3n) is 2.25. The summed E-state index contributed by atoms with van der Waals surface area (Å²) in [4.78, 5) is 10.9. The molecule has 0 fully saturated rings. The second-order valence-electron chi connectivity index (χ2n) is 3.39. The molecule has 0 aliphatic rings. The van der Waals surface area contributed by atoms with E-state index in [1.165, 1.54) is 12.7 Å². The molecule has 15 heavy (non-hydrogen) atoms. The number of ether oxygens (including phenoxy) is 1. The summed E-state index contributed by atoms with van der Waals surface area (Å²) >= 11 is 0. The first-order valence-electron chi connectivity index (χ1n) is 5.02. The van der Waals surface area contributed by atoms with Crippen LogP contribution < -0.4 is 0 Å². The van der Waals surface area contributed by atoms with Gasteiger partial charge in [-0.05, 0) is 24.0 Å². The molecule has 0 amide bonds. The molecule has 0 bridgehead atoms. The number of methoxy groups -OCH3 is 1. The van der Waals surface area contributed by atoms with E-state index in [0.717, 1.165) is 18.4 Å². The van der Waals surface area contributed by atoms with Gasteiger partial charge >= 0.3 is 5.97 Å². The molecular weight excluding hydrogens is 188 g/mol. The van der Waals surface area contributed by atoms with E-state index >= 15 is 0 Å². The Bertz CT molecular complexity index is 325. The molecule has 0 unspecified atom stereocenters. The topological polar surface area (TPSA) is 26.3 Å². The van der Waals surface area contributed by atoms with Crippen molar-refractivity contribution in [1.29, 1.82) is 0 Å². The van der Waals surface area contributed by atoms with Gasteiger partial charge in [-0.1, -0.05) is 30.3 Å². The smallest absolute Gasteiger partial charge is 0.305 e. The number of benzene rings is 1. The summed E-state index contributed by atoms with van der Waals surface area (Å²) in [6, 6.07) is 8.21. The van der Waals surface area contributed by atoms with Crippen LogP contribution in [0.3, 0.4) is 0 Å². The molecular formula is C13H16O2. The van der Waals surface area contributed by atoms with Gasteiger partial charge in [0, 0.05) is 6.42 Å². The zero-order valence-electron chi connectivity index (χ0n) is 9.03. The highest BCUT2D eigenvalue weighted by atomic mass is 16.5. The molecule has 1 aromatic rings. The zero-order valence-corrected chi connectivity index (χ0v) is 9.03. The Balaban J connectivity index is 2.49. The van der Waals surface area contributed by atoms with Crippen LogP contribution in [0.15, 0.2) is 36.9 Å². The standard InChI is InChI=1S/C13H16O2/c1-3-4-11-5-7-12(8-6-11)9-10-13(14)15-2/h3,5-8H,1,4,9-10H2,2H3. The molecule has 1 aromatic carbocycles. The van der Waals surface area contributed by atoms with E-state index in [-0.39, 0.29) is 5.97 Å². The number of esters is 1. The van der Waals surface area contributed by atoms with E-state index < -0.39 is 0 Å². The first-order valence-corrected chi connectivity index (χ1v) is 5.02. The van der Waals surface area contributed by atoms with E-state index in [2.05, 4.69) is 23.4 Å². The minimum Gasteiger partial charge on any atom is -0.469 e. The number of allylic oxidation sites excluding steroid dienone is 1. The Morgan fingerprint density at radius 1 is 1.33 bits per heavy atom. The van der Waals surface area contributed by atoms with Crippen LogP contribution in [-0.4, -0.2) is 13.1 Å². The highest BCUT2D eigenvalue weighted by molar-refractivity contribution is 5.69. The molecule has 0 aliphatic carbocycles. The fourth-order valence-electron chi connectivity index (χ4n) is 1.36. The first-order chi connectivity index (χ1) is 7.26. The van der Waals surface area contributed by atoms with Crippen molar-refractivity contribution >= 4 is 5.97 Å². The van der Waals surface area contributed by atoms with Gasteiger partial charge in [0.05, 0.1) is 7.11 Å². The molecule has 0 atom stereocenters. The second kappa shape index (κ2) is 6.02. The summed E-state index contributed by atoms with van der Waals surface area (Å²) in [6.07, 6.45) is 3.94. The molecule has 0 N–H and O–H groups in total. The van der Waals surface area contributed by atoms with Gasteiger partial charge in [0.25, 0.3) is 0 Å². The van der Waals surface area contributed by atoms with Crippen molar-refractivity contribution in [3.8, 4) is 0 Å². The molecule has 0 aliphatic heterocycles. The van der Waals surface area contributed by atoms with Crippen LogP contribution >= 0.6 is 0 Å². The van der Waals surface area contributed by atoms with Gasteiger partial charge in [-0.15, -0.1) is 6.58 Å². The van der Waals surface area contributed by atoms with Crippen LogP contribution in [0.2, 0.25) is 0 Å². The SMILES string of the molecule is C=CCc1ccc(CCC(=O)OC)cc1. The van der Waals surface area contributed by atoms with E-state index in [1.54, 1.807) is 0 Å². The summed E-state index contributed by atoms with van der Waals surface area (Å²) in [5.41, 5.74) is 2.40. The summed E-state index contributed by atoms with van der Waals surface area (Å²) in [7, 11) is 1.41. The Labute approximate surface area is 90.6 Å². The summed E-state index contributed by atoms with van der Waals surface area (Å²) in [6.45, 7) is 3.69. The van der Waals surface area contributed by atoms with Gasteiger partial charge in [0.2, 0.25) is 0 Å². The van der Waals surface area contributed by atoms with Crippen molar-refractivity contribution in [2.24, 2.45) is 0 Å². The summed E-state index contributed by atoms with van der Waals surface area (Å²) < 4.78 is 4.58. The lowest BCUT2D eigenvalue weighted by Gasteiger charge is -2.02. The molecule has 0 heterocycles. The minimum absolute atomic E-state index is 0.162. The third-order valence-corrected chi connectivity index (χ3v) is 2.25. The average molecular weight is 204 g/mol. The molecule has 0 saturated heterocycles. The van der Waals surface area contributed by atoms with Gasteiger partial charge in [-0.25, -0.2) is 0 Å². The maximum absolute atomic E-state index is 10.9. The van der Waals surface area contributed by atoms with Gasteiger partial charge < -0.3 is 4.74 Å². The lowest BCUT2D eigenvalue weighted by molar-refractivity contribution is -0.140. The fraction of sp³-hybridized carbons (Fsp3) is 0.308. The largest absolute Gasteiger partial charge is 0.469 e. The quantitative estimate of drug-likeness (QED) is 0.544. The van der Waals surface area contributed by atoms with Gasteiger partial charge in [-0.2, -0.15) is 0 Å². The Hall–Kier alpha value is -1.57. The third kappa shape index (κ3) is 3.98. The second-order valence-corrected chi connectivity index (χ2v) is 3.39. The van der Waals surface area contributed by atoms with Crippen molar-refractivity contribution in [3.63, 3.8) is 0 Å². The number of carbonyl (C=O) groups is 1. The first kappa shape index (κ1) is 11.5. The molecule has 2 heteroatoms. The van der Waals surface area contributed by atoms with Crippen molar-refractivity contribution < 1.29 is 9.53 Å². The molecule has 0 aromatic heterocycles. The average Bonchev–Trinajstić information content (AvgIpc) is 2.28. The van der Waals surface area contributed by atoms with Crippen LogP contribution in [0.4, 0.5) is 0 Å². The molecule has 0 spiro atoms. The fourth-order valence-corrected chi connectivity index (χ4v) is 1.36. The number of rotatable bonds is 5. The van der Waals surface area contributed by atoms with Crippen LogP contribution in [0.25, 0.3) is 0 Å². The van der Waals surface area contributed by atoms with E-state index in [0.29, 0.717) is 6.42 Å². The molecule has 80 valence electrons.